The summed E-state index contributed by atoms with van der Waals surface area (Å²) in [4.78, 5) is 51.3. The minimum Gasteiger partial charge on any atom is -0.444 e. The number of urea groups is 1. The fraction of sp³-hybridized carbons (Fsp3) is 0.432. The lowest BCUT2D eigenvalue weighted by Crippen LogP contribution is -2.59. The normalized spacial score (nSPS) is 13.6. The van der Waals surface area contributed by atoms with Crippen molar-refractivity contribution in [3.05, 3.63) is 104 Å². The molecule has 0 aliphatic rings. The van der Waals surface area contributed by atoms with Crippen molar-refractivity contribution in [2.75, 3.05) is 14.1 Å². The first-order valence-corrected chi connectivity index (χ1v) is 18.7. The summed E-state index contributed by atoms with van der Waals surface area (Å²) in [5, 5.41) is 15.3. The van der Waals surface area contributed by atoms with Crippen LogP contribution in [0.5, 0.6) is 0 Å². The maximum absolute atomic E-state index is 14.0. The summed E-state index contributed by atoms with van der Waals surface area (Å²) in [6.45, 7) is 6.52. The van der Waals surface area contributed by atoms with E-state index in [0.29, 0.717) is 38.1 Å². The molecule has 4 N–H and O–H groups in total. The third-order valence-electron chi connectivity index (χ3n) is 8.34. The van der Waals surface area contributed by atoms with Gasteiger partial charge in [0, 0.05) is 42.7 Å². The second-order valence-electron chi connectivity index (χ2n) is 12.7. The van der Waals surface area contributed by atoms with Gasteiger partial charge >= 0.3 is 12.1 Å². The van der Waals surface area contributed by atoms with E-state index in [1.807, 2.05) is 73.0 Å². The first kappa shape index (κ1) is 38.5. The quantitative estimate of drug-likeness (QED) is 0.101. The van der Waals surface area contributed by atoms with Crippen molar-refractivity contribution >= 4 is 40.7 Å². The molecular weight excluding hydrogens is 671 g/mol. The number of hydrogen-bond donors (Lipinski definition) is 4. The fourth-order valence-corrected chi connectivity index (χ4v) is 6.73. The number of alkyl carbamates (subject to hydrolysis) is 1. The molecule has 4 atom stereocenters. The van der Waals surface area contributed by atoms with Gasteiger partial charge in [0.15, 0.2) is 0 Å². The molecule has 0 aliphatic carbocycles. The van der Waals surface area contributed by atoms with Gasteiger partial charge in [0.25, 0.3) is 0 Å². The van der Waals surface area contributed by atoms with E-state index in [-0.39, 0.29) is 36.7 Å². The van der Waals surface area contributed by atoms with E-state index in [0.717, 1.165) is 26.7 Å². The molecule has 4 aromatic rings. The van der Waals surface area contributed by atoms with Crippen LogP contribution in [0.2, 0.25) is 0 Å². The number of hydrogen-bond acceptors (Lipinski definition) is 9. The minimum atomic E-state index is -0.838. The van der Waals surface area contributed by atoms with Gasteiger partial charge < -0.3 is 30.9 Å². The zero-order valence-electron chi connectivity index (χ0n) is 29.4. The molecule has 0 radical (unpaired) electrons. The number of aromatic nitrogens is 2. The molecule has 4 amide bonds. The maximum atomic E-state index is 14.0. The summed E-state index contributed by atoms with van der Waals surface area (Å²) < 4.78 is 5.49. The van der Waals surface area contributed by atoms with E-state index in [2.05, 4.69) is 45.1 Å². The largest absolute Gasteiger partial charge is 0.444 e. The molecule has 0 aliphatic heterocycles. The molecule has 13 heteroatoms. The van der Waals surface area contributed by atoms with Crippen molar-refractivity contribution in [3.63, 3.8) is 0 Å². The first-order valence-electron chi connectivity index (χ1n) is 16.9. The highest BCUT2D eigenvalue weighted by molar-refractivity contribution is 7.09. The molecule has 0 saturated heterocycles. The number of carbonyl (C=O) groups excluding carboxylic acids is 3. The Morgan fingerprint density at radius 1 is 0.860 bits per heavy atom. The predicted molar refractivity (Wildman–Crippen MR) is 199 cm³/mol. The first-order chi connectivity index (χ1) is 24.1. The zero-order chi connectivity index (χ0) is 35.9. The van der Waals surface area contributed by atoms with Crippen LogP contribution in [0.15, 0.2) is 77.8 Å². The summed E-state index contributed by atoms with van der Waals surface area (Å²) in [7, 11) is 3.46. The molecule has 11 nitrogen and oxygen atoms in total. The van der Waals surface area contributed by atoms with Gasteiger partial charge in [-0.1, -0.05) is 74.5 Å². The Bertz CT molecular complexity index is 1600. The van der Waals surface area contributed by atoms with Crippen molar-refractivity contribution in [3.8, 4) is 0 Å². The van der Waals surface area contributed by atoms with E-state index >= 15 is 0 Å². The Morgan fingerprint density at radius 2 is 1.48 bits per heavy atom. The molecular formula is C37H49N7O4S2. The van der Waals surface area contributed by atoms with Gasteiger partial charge in [-0.25, -0.2) is 14.6 Å². The van der Waals surface area contributed by atoms with Gasteiger partial charge in [-0.15, -0.1) is 22.7 Å². The lowest BCUT2D eigenvalue weighted by atomic mass is 9.95. The Kier molecular flexibility index (Phi) is 15.2. The topological polar surface area (TPSA) is 138 Å². The lowest BCUT2D eigenvalue weighted by molar-refractivity contribution is -0.124. The van der Waals surface area contributed by atoms with Crippen LogP contribution < -0.4 is 21.3 Å². The highest BCUT2D eigenvalue weighted by Crippen LogP contribution is 2.20. The van der Waals surface area contributed by atoms with E-state index < -0.39 is 12.1 Å². The van der Waals surface area contributed by atoms with Crippen molar-refractivity contribution in [1.29, 1.82) is 0 Å². The molecule has 2 aromatic heterocycles. The Balaban J connectivity index is 1.45. The summed E-state index contributed by atoms with van der Waals surface area (Å²) in [6.07, 6.45) is 3.51. The zero-order valence-corrected chi connectivity index (χ0v) is 31.1. The summed E-state index contributed by atoms with van der Waals surface area (Å²) >= 11 is 3.01. The number of nitrogens with zero attached hydrogens (tertiary/aromatic N) is 3. The SMILES string of the molecule is CNC(C)[C@H](NC(=O)N(C)Cc1csc(C(C)C)n1)C(=O)N[C@H](CC[C@H](Cc1ccccc1)NC(=O)OCc1cncs1)Cc1ccccc1. The van der Waals surface area contributed by atoms with Gasteiger partial charge in [0.2, 0.25) is 5.91 Å². The predicted octanol–water partition coefficient (Wildman–Crippen LogP) is 5.89. The average molecular weight is 720 g/mol. The number of likely N-dealkylation sites (N-methyl/N-ethyl adjacent to an activating group) is 1. The molecule has 268 valence electrons. The monoisotopic (exact) mass is 719 g/mol. The van der Waals surface area contributed by atoms with E-state index in [9.17, 15) is 14.4 Å². The summed E-state index contributed by atoms with van der Waals surface area (Å²) in [5.41, 5.74) is 4.66. The molecule has 0 saturated carbocycles. The fourth-order valence-electron chi connectivity index (χ4n) is 5.40. The molecule has 0 fully saturated rings. The third kappa shape index (κ3) is 12.5. The van der Waals surface area contributed by atoms with Gasteiger partial charge in [0.1, 0.15) is 12.6 Å². The number of rotatable bonds is 18. The van der Waals surface area contributed by atoms with Crippen LogP contribution >= 0.6 is 22.7 Å². The molecule has 0 spiro atoms. The number of thiazole rings is 2. The molecule has 4 rings (SSSR count). The van der Waals surface area contributed by atoms with Crippen molar-refractivity contribution in [2.24, 2.45) is 0 Å². The molecule has 2 heterocycles. The third-order valence-corrected chi connectivity index (χ3v) is 10.3. The van der Waals surface area contributed by atoms with Gasteiger partial charge in [-0.05, 0) is 50.8 Å². The smallest absolute Gasteiger partial charge is 0.407 e. The van der Waals surface area contributed by atoms with Gasteiger partial charge in [-0.2, -0.15) is 0 Å². The average Bonchev–Trinajstić information content (AvgIpc) is 3.82. The highest BCUT2D eigenvalue weighted by atomic mass is 32.1. The van der Waals surface area contributed by atoms with E-state index in [1.165, 1.54) is 16.2 Å². The second-order valence-corrected chi connectivity index (χ2v) is 14.6. The summed E-state index contributed by atoms with van der Waals surface area (Å²) in [5.74, 6) is 0.0236. The standard InChI is InChI=1S/C37H49N7O4S2/c1-25(2)35-41-31(23-49-35)21-44(5)36(46)43-33(26(3)38-4)34(45)40-29(18-27-12-8-6-9-13-27)16-17-30(19-28-14-10-7-11-15-28)42-37(47)48-22-32-20-39-24-50-32/h6-15,20,23-26,29-30,33,38H,16-19,21-22H2,1-5H3,(H,40,45)(H,42,47)(H,43,46)/t26?,29-,30-,33+/m1/s1. The Labute approximate surface area is 303 Å². The highest BCUT2D eigenvalue weighted by Gasteiger charge is 2.29. The minimum absolute atomic E-state index is 0.149. The van der Waals surface area contributed by atoms with Crippen LogP contribution in [0.3, 0.4) is 0 Å². The number of nitrogens with one attached hydrogen (secondary N) is 4. The number of ether oxygens (including phenoxy) is 1. The van der Waals surface area contributed by atoms with Gasteiger partial charge in [-0.3, -0.25) is 9.78 Å². The molecule has 50 heavy (non-hydrogen) atoms. The van der Waals surface area contributed by atoms with Crippen molar-refractivity contribution in [2.45, 2.75) is 89.7 Å². The Hall–Kier alpha value is -4.33. The van der Waals surface area contributed by atoms with Crippen LogP contribution in [-0.4, -0.2) is 71.2 Å². The van der Waals surface area contributed by atoms with E-state index in [4.69, 9.17) is 4.74 Å². The molecule has 1 unspecified atom stereocenters. The number of benzene rings is 2. The number of carbonyl (C=O) groups is 3. The van der Waals surface area contributed by atoms with Crippen LogP contribution in [0.4, 0.5) is 9.59 Å². The van der Waals surface area contributed by atoms with Gasteiger partial charge in [0.05, 0.1) is 27.6 Å². The van der Waals surface area contributed by atoms with Crippen molar-refractivity contribution in [1.82, 2.24) is 36.1 Å². The van der Waals surface area contributed by atoms with Crippen LogP contribution in [-0.2, 0) is 35.5 Å². The Morgan fingerprint density at radius 3 is 2.02 bits per heavy atom. The summed E-state index contributed by atoms with van der Waals surface area (Å²) in [6, 6.07) is 17.9. The van der Waals surface area contributed by atoms with Crippen LogP contribution in [0, 0.1) is 0 Å². The van der Waals surface area contributed by atoms with E-state index in [1.54, 1.807) is 37.1 Å². The maximum Gasteiger partial charge on any atom is 0.407 e. The lowest BCUT2D eigenvalue weighted by Gasteiger charge is -2.29. The molecule has 2 aromatic carbocycles. The number of amides is 4. The van der Waals surface area contributed by atoms with Crippen LogP contribution in [0.1, 0.15) is 66.2 Å². The molecule has 0 bridgehead atoms. The van der Waals surface area contributed by atoms with Crippen LogP contribution in [0.25, 0.3) is 0 Å². The van der Waals surface area contributed by atoms with Crippen molar-refractivity contribution < 1.29 is 19.1 Å². The second kappa shape index (κ2) is 19.8.